The second-order valence-corrected chi connectivity index (χ2v) is 4.39. The Morgan fingerprint density at radius 2 is 2.18 bits per heavy atom. The SMILES string of the molecule is O=C(O)C1Cc2ccccc2N(CCCO)C1. The molecule has 1 aromatic rings. The van der Waals surface area contributed by atoms with Gasteiger partial charge in [0.2, 0.25) is 0 Å². The number of hydrogen-bond donors (Lipinski definition) is 2. The number of aliphatic hydroxyl groups is 1. The molecule has 0 saturated heterocycles. The van der Waals surface area contributed by atoms with Gasteiger partial charge in [-0.3, -0.25) is 4.79 Å². The van der Waals surface area contributed by atoms with Gasteiger partial charge in [0.1, 0.15) is 0 Å². The molecule has 0 radical (unpaired) electrons. The topological polar surface area (TPSA) is 60.8 Å². The first-order valence-electron chi connectivity index (χ1n) is 5.89. The van der Waals surface area contributed by atoms with Gasteiger partial charge in [0.15, 0.2) is 0 Å². The van der Waals surface area contributed by atoms with Crippen LogP contribution in [-0.4, -0.2) is 35.9 Å². The second kappa shape index (κ2) is 5.19. The van der Waals surface area contributed by atoms with Gasteiger partial charge in [-0.25, -0.2) is 0 Å². The Hall–Kier alpha value is -1.55. The van der Waals surface area contributed by atoms with E-state index >= 15 is 0 Å². The molecule has 1 heterocycles. The number of aliphatic hydroxyl groups excluding tert-OH is 1. The zero-order chi connectivity index (χ0) is 12.3. The molecule has 1 aliphatic heterocycles. The van der Waals surface area contributed by atoms with Crippen LogP contribution in [0.5, 0.6) is 0 Å². The van der Waals surface area contributed by atoms with Crippen molar-refractivity contribution in [1.82, 2.24) is 0 Å². The maximum Gasteiger partial charge on any atom is 0.308 e. The molecule has 17 heavy (non-hydrogen) atoms. The van der Waals surface area contributed by atoms with Crippen molar-refractivity contribution in [2.75, 3.05) is 24.6 Å². The van der Waals surface area contributed by atoms with Crippen LogP contribution in [0.4, 0.5) is 5.69 Å². The van der Waals surface area contributed by atoms with Crippen molar-refractivity contribution in [2.45, 2.75) is 12.8 Å². The van der Waals surface area contributed by atoms with Gasteiger partial charge >= 0.3 is 5.97 Å². The number of rotatable bonds is 4. The second-order valence-electron chi connectivity index (χ2n) is 4.39. The zero-order valence-corrected chi connectivity index (χ0v) is 9.67. The lowest BCUT2D eigenvalue weighted by molar-refractivity contribution is -0.141. The third-order valence-corrected chi connectivity index (χ3v) is 3.17. The molecule has 2 N–H and O–H groups in total. The van der Waals surface area contributed by atoms with Gasteiger partial charge in [-0.1, -0.05) is 18.2 Å². The summed E-state index contributed by atoms with van der Waals surface area (Å²) in [4.78, 5) is 13.2. The van der Waals surface area contributed by atoms with E-state index in [-0.39, 0.29) is 12.5 Å². The summed E-state index contributed by atoms with van der Waals surface area (Å²) in [6, 6.07) is 7.90. The first-order chi connectivity index (χ1) is 8.22. The highest BCUT2D eigenvalue weighted by Crippen LogP contribution is 2.29. The fourth-order valence-corrected chi connectivity index (χ4v) is 2.33. The summed E-state index contributed by atoms with van der Waals surface area (Å²) in [7, 11) is 0. The summed E-state index contributed by atoms with van der Waals surface area (Å²) in [5.41, 5.74) is 2.20. The smallest absolute Gasteiger partial charge is 0.308 e. The number of carboxylic acid groups (broad SMARTS) is 1. The summed E-state index contributed by atoms with van der Waals surface area (Å²) in [6.45, 7) is 1.38. The number of para-hydroxylation sites is 1. The third-order valence-electron chi connectivity index (χ3n) is 3.17. The maximum absolute atomic E-state index is 11.1. The van der Waals surface area contributed by atoms with Crippen LogP contribution < -0.4 is 4.90 Å². The van der Waals surface area contributed by atoms with E-state index in [9.17, 15) is 4.79 Å². The predicted molar refractivity (Wildman–Crippen MR) is 65.2 cm³/mol. The quantitative estimate of drug-likeness (QED) is 0.821. The predicted octanol–water partition coefficient (Wildman–Crippen LogP) is 1.13. The molecule has 1 atom stereocenters. The van der Waals surface area contributed by atoms with Crippen molar-refractivity contribution >= 4 is 11.7 Å². The van der Waals surface area contributed by atoms with Crippen LogP contribution in [0.15, 0.2) is 24.3 Å². The van der Waals surface area contributed by atoms with E-state index in [1.165, 1.54) is 0 Å². The molecule has 1 aliphatic rings. The van der Waals surface area contributed by atoms with Crippen molar-refractivity contribution in [2.24, 2.45) is 5.92 Å². The van der Waals surface area contributed by atoms with E-state index in [1.807, 2.05) is 24.3 Å². The largest absolute Gasteiger partial charge is 0.481 e. The molecule has 0 fully saturated rings. The molecule has 4 heteroatoms. The summed E-state index contributed by atoms with van der Waals surface area (Å²) in [5.74, 6) is -1.09. The highest BCUT2D eigenvalue weighted by molar-refractivity contribution is 5.73. The maximum atomic E-state index is 11.1. The summed E-state index contributed by atoms with van der Waals surface area (Å²) >= 11 is 0. The highest BCUT2D eigenvalue weighted by Gasteiger charge is 2.28. The monoisotopic (exact) mass is 235 g/mol. The third kappa shape index (κ3) is 2.58. The van der Waals surface area contributed by atoms with Crippen LogP contribution >= 0.6 is 0 Å². The van der Waals surface area contributed by atoms with E-state index in [2.05, 4.69) is 4.90 Å². The van der Waals surface area contributed by atoms with Gasteiger partial charge in [0.05, 0.1) is 5.92 Å². The number of carboxylic acids is 1. The average molecular weight is 235 g/mol. The molecular weight excluding hydrogens is 218 g/mol. The Balaban J connectivity index is 2.22. The minimum atomic E-state index is -0.742. The van der Waals surface area contributed by atoms with E-state index in [0.717, 1.165) is 11.3 Å². The van der Waals surface area contributed by atoms with Crippen LogP contribution in [0.2, 0.25) is 0 Å². The first kappa shape index (κ1) is 11.9. The van der Waals surface area contributed by atoms with Crippen LogP contribution in [-0.2, 0) is 11.2 Å². The van der Waals surface area contributed by atoms with E-state index < -0.39 is 5.97 Å². The molecule has 92 valence electrons. The fraction of sp³-hybridized carbons (Fsp3) is 0.462. The van der Waals surface area contributed by atoms with Crippen molar-refractivity contribution in [3.8, 4) is 0 Å². The van der Waals surface area contributed by atoms with Gasteiger partial charge in [0.25, 0.3) is 0 Å². The fourth-order valence-electron chi connectivity index (χ4n) is 2.33. The number of benzene rings is 1. The molecule has 2 rings (SSSR count). The molecule has 0 spiro atoms. The lowest BCUT2D eigenvalue weighted by Gasteiger charge is -2.34. The van der Waals surface area contributed by atoms with Gasteiger partial charge in [0, 0.05) is 25.4 Å². The molecule has 1 unspecified atom stereocenters. The number of hydrogen-bond acceptors (Lipinski definition) is 3. The number of carbonyl (C=O) groups is 1. The zero-order valence-electron chi connectivity index (χ0n) is 9.67. The molecule has 4 nitrogen and oxygen atoms in total. The minimum Gasteiger partial charge on any atom is -0.481 e. The van der Waals surface area contributed by atoms with Gasteiger partial charge < -0.3 is 15.1 Å². The van der Waals surface area contributed by atoms with E-state index in [4.69, 9.17) is 10.2 Å². The van der Waals surface area contributed by atoms with Crippen molar-refractivity contribution in [3.63, 3.8) is 0 Å². The number of nitrogens with zero attached hydrogens (tertiary/aromatic N) is 1. The lowest BCUT2D eigenvalue weighted by atomic mass is 9.92. The standard InChI is InChI=1S/C13H17NO3/c15-7-3-6-14-9-11(13(16)17)8-10-4-1-2-5-12(10)14/h1-2,4-5,11,15H,3,6-9H2,(H,16,17). The molecule has 0 amide bonds. The van der Waals surface area contributed by atoms with Gasteiger partial charge in [-0.15, -0.1) is 0 Å². The van der Waals surface area contributed by atoms with Gasteiger partial charge in [-0.05, 0) is 24.5 Å². The van der Waals surface area contributed by atoms with Crippen molar-refractivity contribution in [1.29, 1.82) is 0 Å². The van der Waals surface area contributed by atoms with Crippen LogP contribution in [0.25, 0.3) is 0 Å². The minimum absolute atomic E-state index is 0.135. The Kier molecular flexibility index (Phi) is 3.64. The Labute approximate surface area is 100 Å². The molecule has 1 aromatic carbocycles. The normalized spacial score (nSPS) is 18.9. The Morgan fingerprint density at radius 3 is 2.88 bits per heavy atom. The van der Waals surface area contributed by atoms with E-state index in [1.54, 1.807) is 0 Å². The van der Waals surface area contributed by atoms with Crippen molar-refractivity contribution < 1.29 is 15.0 Å². The average Bonchev–Trinajstić information content (AvgIpc) is 2.35. The molecule has 0 bridgehead atoms. The molecule has 0 aromatic heterocycles. The molecular formula is C13H17NO3. The van der Waals surface area contributed by atoms with Crippen LogP contribution in [0.1, 0.15) is 12.0 Å². The Bertz CT molecular complexity index is 405. The summed E-state index contributed by atoms with van der Waals surface area (Å²) in [6.07, 6.45) is 1.27. The number of fused-ring (bicyclic) bond motifs is 1. The highest BCUT2D eigenvalue weighted by atomic mass is 16.4. The Morgan fingerprint density at radius 1 is 1.41 bits per heavy atom. The number of aliphatic carboxylic acids is 1. The first-order valence-corrected chi connectivity index (χ1v) is 5.89. The number of anilines is 1. The van der Waals surface area contributed by atoms with Crippen LogP contribution in [0.3, 0.4) is 0 Å². The summed E-state index contributed by atoms with van der Waals surface area (Å²) < 4.78 is 0. The summed E-state index contributed by atoms with van der Waals surface area (Å²) in [5, 5.41) is 18.0. The van der Waals surface area contributed by atoms with Crippen LogP contribution in [0, 0.1) is 5.92 Å². The molecule has 0 saturated carbocycles. The van der Waals surface area contributed by atoms with E-state index in [0.29, 0.717) is 25.9 Å². The van der Waals surface area contributed by atoms with Crippen molar-refractivity contribution in [3.05, 3.63) is 29.8 Å². The lowest BCUT2D eigenvalue weighted by Crippen LogP contribution is -2.39. The van der Waals surface area contributed by atoms with Gasteiger partial charge in [-0.2, -0.15) is 0 Å². The molecule has 0 aliphatic carbocycles.